The Hall–Kier alpha value is -4.59. The number of hydrogen-bond acceptors (Lipinski definition) is 8. The van der Waals surface area contributed by atoms with Crippen molar-refractivity contribution in [3.63, 3.8) is 0 Å². The van der Waals surface area contributed by atoms with E-state index in [0.29, 0.717) is 16.9 Å². The van der Waals surface area contributed by atoms with Crippen molar-refractivity contribution in [3.8, 4) is 23.3 Å². The highest BCUT2D eigenvalue weighted by atomic mass is 35.5. The largest absolute Gasteiger partial charge is 0.497 e. The highest BCUT2D eigenvalue weighted by Crippen LogP contribution is 2.35. The molecule has 10 nitrogen and oxygen atoms in total. The number of esters is 1. The number of nitro benzene ring substituents is 1. The molecule has 0 aliphatic rings. The van der Waals surface area contributed by atoms with Crippen LogP contribution >= 0.6 is 23.2 Å². The lowest BCUT2D eigenvalue weighted by Crippen LogP contribution is -2.14. The molecular weight excluding hydrogens is 525 g/mol. The average Bonchev–Trinajstić information content (AvgIpc) is 2.89. The fraction of sp³-hybridized carbons (Fsp3) is 0.0800. The van der Waals surface area contributed by atoms with Gasteiger partial charge in [0.25, 0.3) is 11.6 Å². The van der Waals surface area contributed by atoms with Crippen LogP contribution in [0.1, 0.15) is 15.9 Å². The van der Waals surface area contributed by atoms with E-state index in [2.05, 4.69) is 5.32 Å². The van der Waals surface area contributed by atoms with E-state index in [1.165, 1.54) is 38.5 Å². The zero-order chi connectivity index (χ0) is 27.1. The number of hydrogen-bond donors (Lipinski definition) is 1. The Bertz CT molecular complexity index is 1420. The van der Waals surface area contributed by atoms with Crippen LogP contribution in [0.25, 0.3) is 6.08 Å². The van der Waals surface area contributed by atoms with Gasteiger partial charge in [-0.2, -0.15) is 5.26 Å². The zero-order valence-corrected chi connectivity index (χ0v) is 20.8. The molecule has 3 aromatic carbocycles. The number of ether oxygens (including phenoxy) is 3. The maximum absolute atomic E-state index is 12.7. The number of halogens is 2. The van der Waals surface area contributed by atoms with Crippen molar-refractivity contribution in [1.82, 2.24) is 0 Å². The first-order valence-electron chi connectivity index (χ1n) is 10.3. The number of carbonyl (C=O) groups excluding carboxylic acids is 2. The molecule has 0 fully saturated rings. The number of non-ortho nitro benzene ring substituents is 1. The van der Waals surface area contributed by atoms with Crippen LogP contribution in [0.3, 0.4) is 0 Å². The second-order valence-corrected chi connectivity index (χ2v) is 8.01. The molecule has 0 heterocycles. The van der Waals surface area contributed by atoms with E-state index in [0.717, 1.165) is 12.1 Å². The number of nitrogens with zero attached hydrogens (tertiary/aromatic N) is 2. The Kier molecular flexibility index (Phi) is 8.68. The average molecular weight is 542 g/mol. The van der Waals surface area contributed by atoms with Crippen LogP contribution in [0, 0.1) is 21.4 Å². The zero-order valence-electron chi connectivity index (χ0n) is 19.3. The van der Waals surface area contributed by atoms with Gasteiger partial charge in [-0.05, 0) is 48.0 Å². The normalized spacial score (nSPS) is 10.7. The standard InChI is InChI=1S/C25H17Cl2N3O7/c1-35-18-6-4-15(5-7-18)25(32)37-21-8-3-14(10-22(21)36-2)9-16(13-28)24(31)29-23-19(26)11-17(30(33)34)12-20(23)27/h3-12H,1-2H3,(H,29,31)/b16-9+. The van der Waals surface area contributed by atoms with Gasteiger partial charge in [0.05, 0.1) is 40.4 Å². The molecule has 37 heavy (non-hydrogen) atoms. The molecule has 12 heteroatoms. The van der Waals surface area contributed by atoms with E-state index in [-0.39, 0.29) is 38.5 Å². The van der Waals surface area contributed by atoms with E-state index in [1.807, 2.05) is 0 Å². The molecule has 3 aromatic rings. The molecule has 0 radical (unpaired) electrons. The summed E-state index contributed by atoms with van der Waals surface area (Å²) in [6.07, 6.45) is 1.26. The number of methoxy groups -OCH3 is 2. The highest BCUT2D eigenvalue weighted by Gasteiger charge is 2.19. The summed E-state index contributed by atoms with van der Waals surface area (Å²) < 4.78 is 15.8. The van der Waals surface area contributed by atoms with Gasteiger partial charge in [-0.1, -0.05) is 29.3 Å². The summed E-state index contributed by atoms with van der Waals surface area (Å²) in [7, 11) is 2.87. The van der Waals surface area contributed by atoms with Crippen LogP contribution in [0.2, 0.25) is 10.0 Å². The van der Waals surface area contributed by atoms with Crippen molar-refractivity contribution in [2.75, 3.05) is 19.5 Å². The molecule has 0 atom stereocenters. The Morgan fingerprint density at radius 1 is 1.00 bits per heavy atom. The van der Waals surface area contributed by atoms with Crippen molar-refractivity contribution in [2.45, 2.75) is 0 Å². The smallest absolute Gasteiger partial charge is 0.343 e. The summed E-state index contributed by atoms with van der Waals surface area (Å²) in [5, 5.41) is 22.5. The molecule has 0 saturated carbocycles. The molecule has 0 spiro atoms. The van der Waals surface area contributed by atoms with Gasteiger partial charge in [0.15, 0.2) is 11.5 Å². The molecule has 0 bridgehead atoms. The molecule has 3 rings (SSSR count). The molecular formula is C25H17Cl2N3O7. The lowest BCUT2D eigenvalue weighted by atomic mass is 10.1. The Balaban J connectivity index is 1.81. The van der Waals surface area contributed by atoms with Gasteiger partial charge in [0.2, 0.25) is 0 Å². The number of benzene rings is 3. The predicted octanol–water partition coefficient (Wildman–Crippen LogP) is 5.68. The molecule has 0 saturated heterocycles. The fourth-order valence-corrected chi connectivity index (χ4v) is 3.59. The maximum atomic E-state index is 12.7. The van der Waals surface area contributed by atoms with Crippen molar-refractivity contribution in [2.24, 2.45) is 0 Å². The van der Waals surface area contributed by atoms with Gasteiger partial charge >= 0.3 is 5.97 Å². The van der Waals surface area contributed by atoms with Crippen LogP contribution in [0.4, 0.5) is 11.4 Å². The van der Waals surface area contributed by atoms with Gasteiger partial charge in [-0.3, -0.25) is 14.9 Å². The molecule has 1 N–H and O–H groups in total. The van der Waals surface area contributed by atoms with Crippen LogP contribution in [-0.2, 0) is 4.79 Å². The van der Waals surface area contributed by atoms with E-state index < -0.39 is 16.8 Å². The first-order valence-corrected chi connectivity index (χ1v) is 11.0. The third-order valence-corrected chi connectivity index (χ3v) is 5.46. The minimum atomic E-state index is -0.853. The number of nitrogens with one attached hydrogen (secondary N) is 1. The summed E-state index contributed by atoms with van der Waals surface area (Å²) in [6, 6.07) is 14.6. The number of anilines is 1. The number of rotatable bonds is 8. The van der Waals surface area contributed by atoms with E-state index >= 15 is 0 Å². The summed E-state index contributed by atoms with van der Waals surface area (Å²) >= 11 is 12.0. The van der Waals surface area contributed by atoms with Crippen LogP contribution in [0.15, 0.2) is 60.2 Å². The molecule has 0 aliphatic heterocycles. The van der Waals surface area contributed by atoms with E-state index in [9.17, 15) is 25.0 Å². The predicted molar refractivity (Wildman–Crippen MR) is 136 cm³/mol. The summed E-state index contributed by atoms with van der Waals surface area (Å²) in [5.74, 6) is -0.601. The van der Waals surface area contributed by atoms with Crippen molar-refractivity contribution >= 4 is 52.5 Å². The summed E-state index contributed by atoms with van der Waals surface area (Å²) in [5.41, 5.74) is -0.0922. The Morgan fingerprint density at radius 2 is 1.65 bits per heavy atom. The monoisotopic (exact) mass is 541 g/mol. The first-order chi connectivity index (χ1) is 17.7. The molecule has 0 unspecified atom stereocenters. The summed E-state index contributed by atoms with van der Waals surface area (Å²) in [4.78, 5) is 35.4. The molecule has 0 aromatic heterocycles. The van der Waals surface area contributed by atoms with Crippen LogP contribution < -0.4 is 19.5 Å². The second kappa shape index (κ2) is 11.9. The molecule has 1 amide bonds. The Morgan fingerprint density at radius 3 is 2.19 bits per heavy atom. The number of carbonyl (C=O) groups is 2. The number of nitriles is 1. The van der Waals surface area contributed by atoms with Crippen molar-refractivity contribution in [3.05, 3.63) is 91.5 Å². The van der Waals surface area contributed by atoms with Gasteiger partial charge in [-0.25, -0.2) is 4.79 Å². The minimum Gasteiger partial charge on any atom is -0.497 e. The van der Waals surface area contributed by atoms with E-state index in [4.69, 9.17) is 37.4 Å². The van der Waals surface area contributed by atoms with Crippen LogP contribution in [0.5, 0.6) is 17.2 Å². The molecule has 0 aliphatic carbocycles. The number of amides is 1. The third-order valence-electron chi connectivity index (χ3n) is 4.87. The second-order valence-electron chi connectivity index (χ2n) is 7.19. The first kappa shape index (κ1) is 27.0. The third kappa shape index (κ3) is 6.55. The van der Waals surface area contributed by atoms with Crippen molar-refractivity contribution < 1.29 is 28.7 Å². The SMILES string of the molecule is COc1ccc(C(=O)Oc2ccc(/C=C(\C#N)C(=O)Nc3c(Cl)cc([N+](=O)[O-])cc3Cl)cc2OC)cc1. The summed E-state index contributed by atoms with van der Waals surface area (Å²) in [6.45, 7) is 0. The van der Waals surface area contributed by atoms with Gasteiger partial charge in [0.1, 0.15) is 17.4 Å². The fourth-order valence-electron chi connectivity index (χ4n) is 3.02. The number of nitro groups is 1. The highest BCUT2D eigenvalue weighted by molar-refractivity contribution is 6.40. The minimum absolute atomic E-state index is 0.0848. The maximum Gasteiger partial charge on any atom is 0.343 e. The van der Waals surface area contributed by atoms with Gasteiger partial charge < -0.3 is 19.5 Å². The van der Waals surface area contributed by atoms with E-state index in [1.54, 1.807) is 30.3 Å². The lowest BCUT2D eigenvalue weighted by molar-refractivity contribution is -0.384. The Labute approximate surface area is 220 Å². The lowest BCUT2D eigenvalue weighted by Gasteiger charge is -2.11. The van der Waals surface area contributed by atoms with Gasteiger partial charge in [-0.15, -0.1) is 0 Å². The topological polar surface area (TPSA) is 141 Å². The van der Waals surface area contributed by atoms with Crippen molar-refractivity contribution in [1.29, 1.82) is 5.26 Å². The van der Waals surface area contributed by atoms with Crippen LogP contribution in [-0.4, -0.2) is 31.0 Å². The quantitative estimate of drug-likeness (QED) is 0.0957. The molecule has 188 valence electrons. The van der Waals surface area contributed by atoms with Gasteiger partial charge in [0, 0.05) is 12.1 Å².